The van der Waals surface area contributed by atoms with Crippen molar-refractivity contribution in [2.75, 3.05) is 26.2 Å². The summed E-state index contributed by atoms with van der Waals surface area (Å²) in [5.74, 6) is 0.699. The molecule has 38 heavy (non-hydrogen) atoms. The fourth-order valence-electron chi connectivity index (χ4n) is 5.73. The lowest BCUT2D eigenvalue weighted by Crippen LogP contribution is -2.63. The van der Waals surface area contributed by atoms with Crippen molar-refractivity contribution in [3.63, 3.8) is 0 Å². The van der Waals surface area contributed by atoms with Crippen LogP contribution in [0.5, 0.6) is 0 Å². The molecular weight excluding hydrogens is 472 g/mol. The number of rotatable bonds is 11. The summed E-state index contributed by atoms with van der Waals surface area (Å²) < 4.78 is 20.1. The third-order valence-electron chi connectivity index (χ3n) is 7.98. The summed E-state index contributed by atoms with van der Waals surface area (Å²) in [5.41, 5.74) is 3.53. The molecule has 2 fully saturated rings. The van der Waals surface area contributed by atoms with Crippen LogP contribution >= 0.6 is 0 Å². The van der Waals surface area contributed by atoms with Crippen LogP contribution in [0.2, 0.25) is 0 Å². The maximum atomic E-state index is 6.73. The summed E-state index contributed by atoms with van der Waals surface area (Å²) >= 11 is 0. The number of piperidine rings is 2. The van der Waals surface area contributed by atoms with E-state index in [1.54, 1.807) is 0 Å². The fraction of sp³-hybridized carbons (Fsp3) is 0.455. The highest BCUT2D eigenvalue weighted by atomic mass is 16.6. The maximum absolute atomic E-state index is 6.73. The number of hydrogen-bond acceptors (Lipinski definition) is 5. The molecule has 5 heteroatoms. The van der Waals surface area contributed by atoms with Crippen molar-refractivity contribution in [3.8, 4) is 0 Å². The number of nitrogens with zero attached hydrogens (tertiary/aromatic N) is 1. The Bertz CT molecular complexity index is 1060. The van der Waals surface area contributed by atoms with Gasteiger partial charge in [-0.3, -0.25) is 4.90 Å². The van der Waals surface area contributed by atoms with E-state index < -0.39 is 0 Å². The SMILES string of the molecule is CC1C(OCc2ccccc2)C(OCc2ccccc2)C(OCc2ccccc2)CN1CC1CCNCC1. The summed E-state index contributed by atoms with van der Waals surface area (Å²) in [6.45, 7) is 8.12. The molecule has 0 radical (unpaired) electrons. The zero-order valence-corrected chi connectivity index (χ0v) is 22.6. The molecule has 0 aromatic heterocycles. The van der Waals surface area contributed by atoms with E-state index in [0.29, 0.717) is 25.7 Å². The number of benzene rings is 3. The summed E-state index contributed by atoms with van der Waals surface area (Å²) in [6, 6.07) is 31.5. The van der Waals surface area contributed by atoms with Gasteiger partial charge in [-0.2, -0.15) is 0 Å². The molecule has 0 aliphatic carbocycles. The van der Waals surface area contributed by atoms with Crippen molar-refractivity contribution in [2.24, 2.45) is 5.92 Å². The normalized spacial score (nSPS) is 24.9. The zero-order valence-electron chi connectivity index (χ0n) is 22.6. The Morgan fingerprint density at radius 2 is 1.13 bits per heavy atom. The lowest BCUT2D eigenvalue weighted by atomic mass is 9.90. The molecular formula is C33H42N2O3. The minimum absolute atomic E-state index is 0.0855. The average Bonchev–Trinajstić information content (AvgIpc) is 2.98. The average molecular weight is 515 g/mol. The van der Waals surface area contributed by atoms with E-state index in [9.17, 15) is 0 Å². The minimum Gasteiger partial charge on any atom is -0.369 e. The third-order valence-corrected chi connectivity index (χ3v) is 7.98. The van der Waals surface area contributed by atoms with Crippen molar-refractivity contribution in [3.05, 3.63) is 108 Å². The van der Waals surface area contributed by atoms with Crippen LogP contribution in [0, 0.1) is 5.92 Å². The van der Waals surface area contributed by atoms with E-state index in [2.05, 4.69) is 89.9 Å². The van der Waals surface area contributed by atoms with E-state index in [4.69, 9.17) is 14.2 Å². The lowest BCUT2D eigenvalue weighted by molar-refractivity contribution is -0.202. The Morgan fingerprint density at radius 3 is 1.66 bits per heavy atom. The van der Waals surface area contributed by atoms with Gasteiger partial charge in [0.05, 0.1) is 25.9 Å². The van der Waals surface area contributed by atoms with Gasteiger partial charge in [-0.15, -0.1) is 0 Å². The van der Waals surface area contributed by atoms with E-state index in [1.807, 2.05) is 18.2 Å². The van der Waals surface area contributed by atoms with E-state index >= 15 is 0 Å². The lowest BCUT2D eigenvalue weighted by Gasteiger charge is -2.48. The minimum atomic E-state index is -0.165. The molecule has 0 spiro atoms. The second kappa shape index (κ2) is 14.0. The molecule has 3 aromatic rings. The van der Waals surface area contributed by atoms with Crippen molar-refractivity contribution in [1.82, 2.24) is 10.2 Å². The van der Waals surface area contributed by atoms with Gasteiger partial charge in [0, 0.05) is 19.1 Å². The topological polar surface area (TPSA) is 43.0 Å². The van der Waals surface area contributed by atoms with Crippen molar-refractivity contribution >= 4 is 0 Å². The molecule has 0 bridgehead atoms. The highest BCUT2D eigenvalue weighted by Gasteiger charge is 2.44. The Kier molecular flexibility index (Phi) is 9.98. The maximum Gasteiger partial charge on any atom is 0.113 e. The van der Waals surface area contributed by atoms with E-state index in [1.165, 1.54) is 29.5 Å². The molecule has 3 aromatic carbocycles. The monoisotopic (exact) mass is 514 g/mol. The predicted molar refractivity (Wildman–Crippen MR) is 152 cm³/mol. The van der Waals surface area contributed by atoms with Crippen LogP contribution in [0.3, 0.4) is 0 Å². The van der Waals surface area contributed by atoms with Crippen LogP contribution in [-0.4, -0.2) is 55.4 Å². The largest absolute Gasteiger partial charge is 0.369 e. The Labute approximate surface area is 228 Å². The molecule has 2 saturated heterocycles. The van der Waals surface area contributed by atoms with Gasteiger partial charge in [0.1, 0.15) is 12.2 Å². The molecule has 1 N–H and O–H groups in total. The van der Waals surface area contributed by atoms with E-state index in [-0.39, 0.29) is 24.4 Å². The number of nitrogens with one attached hydrogen (secondary N) is 1. The summed E-state index contributed by atoms with van der Waals surface area (Å²) in [7, 11) is 0. The first-order chi connectivity index (χ1) is 18.8. The molecule has 0 saturated carbocycles. The standard InChI is InChI=1S/C33H42N2O3/c1-26-32(37-24-29-13-7-3-8-14-29)33(38-25-30-15-9-4-10-16-30)31(36-23-28-11-5-2-6-12-28)22-35(26)21-27-17-19-34-20-18-27/h2-16,26-27,31-34H,17-25H2,1H3. The molecule has 5 nitrogen and oxygen atoms in total. The molecule has 202 valence electrons. The predicted octanol–water partition coefficient (Wildman–Crippen LogP) is 5.45. The van der Waals surface area contributed by atoms with Gasteiger partial charge in [-0.05, 0) is 55.5 Å². The fourth-order valence-corrected chi connectivity index (χ4v) is 5.73. The van der Waals surface area contributed by atoms with Gasteiger partial charge < -0.3 is 19.5 Å². The van der Waals surface area contributed by atoms with Gasteiger partial charge in [0.2, 0.25) is 0 Å². The molecule has 5 rings (SSSR count). The molecule has 2 heterocycles. The second-order valence-corrected chi connectivity index (χ2v) is 10.7. The van der Waals surface area contributed by atoms with Gasteiger partial charge in [0.15, 0.2) is 0 Å². The summed E-state index contributed by atoms with van der Waals surface area (Å²) in [4.78, 5) is 2.60. The molecule has 0 amide bonds. The van der Waals surface area contributed by atoms with Crippen molar-refractivity contribution in [1.29, 1.82) is 0 Å². The smallest absolute Gasteiger partial charge is 0.113 e. The van der Waals surface area contributed by atoms with Crippen LogP contribution in [0.4, 0.5) is 0 Å². The van der Waals surface area contributed by atoms with Gasteiger partial charge in [0.25, 0.3) is 0 Å². The highest BCUT2D eigenvalue weighted by Crippen LogP contribution is 2.30. The quantitative estimate of drug-likeness (QED) is 0.369. The van der Waals surface area contributed by atoms with Crippen molar-refractivity contribution < 1.29 is 14.2 Å². The summed E-state index contributed by atoms with van der Waals surface area (Å²) in [6.07, 6.45) is 2.10. The number of likely N-dealkylation sites (tertiary alicyclic amines) is 1. The first kappa shape index (κ1) is 27.0. The Morgan fingerprint density at radius 1 is 0.658 bits per heavy atom. The van der Waals surface area contributed by atoms with E-state index in [0.717, 1.165) is 26.2 Å². The van der Waals surface area contributed by atoms with Gasteiger partial charge >= 0.3 is 0 Å². The van der Waals surface area contributed by atoms with Crippen LogP contribution in [0.25, 0.3) is 0 Å². The highest BCUT2D eigenvalue weighted by molar-refractivity contribution is 5.16. The van der Waals surface area contributed by atoms with Gasteiger partial charge in [-0.25, -0.2) is 0 Å². The number of hydrogen-bond donors (Lipinski definition) is 1. The molecule has 4 atom stereocenters. The second-order valence-electron chi connectivity index (χ2n) is 10.7. The first-order valence-electron chi connectivity index (χ1n) is 14.2. The summed E-state index contributed by atoms with van der Waals surface area (Å²) in [5, 5.41) is 3.51. The molecule has 2 aliphatic heterocycles. The molecule has 4 unspecified atom stereocenters. The zero-order chi connectivity index (χ0) is 26.0. The van der Waals surface area contributed by atoms with Crippen LogP contribution < -0.4 is 5.32 Å². The van der Waals surface area contributed by atoms with Gasteiger partial charge in [-0.1, -0.05) is 91.0 Å². The van der Waals surface area contributed by atoms with Crippen molar-refractivity contribution in [2.45, 2.75) is 63.9 Å². The first-order valence-corrected chi connectivity index (χ1v) is 14.2. The Balaban J connectivity index is 1.36. The van der Waals surface area contributed by atoms with Crippen LogP contribution in [0.15, 0.2) is 91.0 Å². The number of ether oxygens (including phenoxy) is 3. The third kappa shape index (κ3) is 7.52. The molecule has 2 aliphatic rings. The van der Waals surface area contributed by atoms with Crippen LogP contribution in [0.1, 0.15) is 36.5 Å². The Hall–Kier alpha value is -2.54. The van der Waals surface area contributed by atoms with Crippen LogP contribution in [-0.2, 0) is 34.0 Å².